The van der Waals surface area contributed by atoms with Gasteiger partial charge in [-0.25, -0.2) is 0 Å². The van der Waals surface area contributed by atoms with Crippen LogP contribution in [0.15, 0.2) is 36.4 Å². The molecule has 6 heteroatoms. The molecule has 102 valence electrons. The van der Waals surface area contributed by atoms with Gasteiger partial charge in [0.2, 0.25) is 0 Å². The molecule has 2 nitrogen and oxygen atoms in total. The van der Waals surface area contributed by atoms with E-state index in [2.05, 4.69) is 4.74 Å². The first kappa shape index (κ1) is 13.5. The van der Waals surface area contributed by atoms with E-state index >= 15 is 0 Å². The van der Waals surface area contributed by atoms with Crippen molar-refractivity contribution < 1.29 is 27.0 Å². The Morgan fingerprint density at radius 3 is 2.00 bits per heavy atom. The van der Waals surface area contributed by atoms with Crippen molar-refractivity contribution in [2.24, 2.45) is 0 Å². The van der Waals surface area contributed by atoms with Gasteiger partial charge in [-0.15, -0.1) is 0 Å². The van der Waals surface area contributed by atoms with Crippen molar-refractivity contribution in [3.8, 4) is 11.5 Å². The topological polar surface area (TPSA) is 18.5 Å². The number of hydrogen-bond acceptors (Lipinski definition) is 2. The second-order valence-corrected chi connectivity index (χ2v) is 3.81. The smallest absolute Gasteiger partial charge is 0.461 e. The molecule has 0 aromatic heterocycles. The van der Waals surface area contributed by atoms with Crippen molar-refractivity contribution in [3.63, 3.8) is 0 Å². The molecule has 0 heterocycles. The molecule has 19 heavy (non-hydrogen) atoms. The van der Waals surface area contributed by atoms with Gasteiger partial charge >= 0.3 is 12.5 Å². The van der Waals surface area contributed by atoms with Gasteiger partial charge in [0.1, 0.15) is 0 Å². The van der Waals surface area contributed by atoms with Crippen LogP contribution < -0.4 is 9.47 Å². The normalized spacial score (nSPS) is 11.9. The number of methoxy groups -OCH3 is 1. The maximum absolute atomic E-state index is 12.9. The van der Waals surface area contributed by atoms with Crippen LogP contribution in [-0.4, -0.2) is 19.6 Å². The van der Waals surface area contributed by atoms with Gasteiger partial charge in [0.15, 0.2) is 11.5 Å². The zero-order valence-corrected chi connectivity index (χ0v) is 9.87. The molecule has 0 radical (unpaired) electrons. The predicted octanol–water partition coefficient (Wildman–Crippen LogP) is 4.09. The third kappa shape index (κ3) is 2.72. The molecule has 0 unspecified atom stereocenters. The maximum Gasteiger partial charge on any atom is 0.461 e. The summed E-state index contributed by atoms with van der Waals surface area (Å²) in [5, 5.41) is 1.32. The molecule has 0 aliphatic heterocycles. The highest BCUT2D eigenvalue weighted by Gasteiger charge is 2.44. The van der Waals surface area contributed by atoms with Crippen molar-refractivity contribution in [3.05, 3.63) is 36.4 Å². The van der Waals surface area contributed by atoms with Crippen molar-refractivity contribution in [2.45, 2.75) is 12.5 Å². The van der Waals surface area contributed by atoms with E-state index in [0.29, 0.717) is 5.39 Å². The maximum atomic E-state index is 12.9. The standard InChI is InChI=1S/C13H10F4O2/c1-18-10-6-8-4-2-3-5-9(8)7-11(10)19-13(16,17)12(14)15/h2-7,12H,1H3. The van der Waals surface area contributed by atoms with Crippen molar-refractivity contribution in [1.82, 2.24) is 0 Å². The number of ether oxygens (including phenoxy) is 2. The summed E-state index contributed by atoms with van der Waals surface area (Å²) in [6, 6.07) is 9.55. The van der Waals surface area contributed by atoms with Gasteiger partial charge in [-0.1, -0.05) is 24.3 Å². The van der Waals surface area contributed by atoms with E-state index in [1.165, 1.54) is 19.2 Å². The molecule has 0 bridgehead atoms. The summed E-state index contributed by atoms with van der Waals surface area (Å²) in [5.74, 6) is -0.453. The number of hydrogen-bond donors (Lipinski definition) is 0. The highest BCUT2D eigenvalue weighted by atomic mass is 19.3. The molecule has 0 saturated heterocycles. The summed E-state index contributed by atoms with van der Waals surface area (Å²) in [6.45, 7) is 0. The van der Waals surface area contributed by atoms with Crippen molar-refractivity contribution in [1.29, 1.82) is 0 Å². The van der Waals surface area contributed by atoms with Crippen LogP contribution in [0.1, 0.15) is 0 Å². The van der Waals surface area contributed by atoms with Crippen LogP contribution in [0.2, 0.25) is 0 Å². The lowest BCUT2D eigenvalue weighted by atomic mass is 10.1. The van der Waals surface area contributed by atoms with Crippen LogP contribution in [0.4, 0.5) is 17.6 Å². The predicted molar refractivity (Wildman–Crippen MR) is 62.1 cm³/mol. The lowest BCUT2D eigenvalue weighted by Crippen LogP contribution is -2.33. The molecular weight excluding hydrogens is 264 g/mol. The van der Waals surface area contributed by atoms with Crippen LogP contribution in [0.3, 0.4) is 0 Å². The number of halogens is 4. The Kier molecular flexibility index (Phi) is 3.50. The fourth-order valence-electron chi connectivity index (χ4n) is 1.63. The molecule has 0 amide bonds. The van der Waals surface area contributed by atoms with Gasteiger partial charge in [-0.3, -0.25) is 0 Å². The molecule has 0 aliphatic rings. The third-order valence-electron chi connectivity index (χ3n) is 2.53. The number of rotatable bonds is 4. The SMILES string of the molecule is COc1cc2ccccc2cc1OC(F)(F)C(F)F. The van der Waals surface area contributed by atoms with E-state index in [-0.39, 0.29) is 5.75 Å². The van der Waals surface area contributed by atoms with Gasteiger partial charge in [0, 0.05) is 0 Å². The summed E-state index contributed by atoms with van der Waals surface area (Å²) < 4.78 is 59.1. The fraction of sp³-hybridized carbons (Fsp3) is 0.231. The van der Waals surface area contributed by atoms with E-state index in [1.54, 1.807) is 24.3 Å². The first-order valence-electron chi connectivity index (χ1n) is 5.36. The first-order chi connectivity index (χ1) is 8.94. The van der Waals surface area contributed by atoms with E-state index in [9.17, 15) is 17.6 Å². The van der Waals surface area contributed by atoms with E-state index in [4.69, 9.17) is 4.74 Å². The monoisotopic (exact) mass is 274 g/mol. The molecule has 0 N–H and O–H groups in total. The highest BCUT2D eigenvalue weighted by molar-refractivity contribution is 5.86. The number of benzene rings is 2. The van der Waals surface area contributed by atoms with Gasteiger partial charge in [0.25, 0.3) is 0 Å². The number of fused-ring (bicyclic) bond motifs is 1. The van der Waals surface area contributed by atoms with Crippen LogP contribution in [0.25, 0.3) is 10.8 Å². The van der Waals surface area contributed by atoms with Crippen LogP contribution >= 0.6 is 0 Å². The van der Waals surface area contributed by atoms with Crippen LogP contribution in [0, 0.1) is 0 Å². The van der Waals surface area contributed by atoms with Crippen molar-refractivity contribution in [2.75, 3.05) is 7.11 Å². The zero-order chi connectivity index (χ0) is 14.0. The summed E-state index contributed by atoms with van der Waals surface area (Å²) in [4.78, 5) is 0. The lowest BCUT2D eigenvalue weighted by Gasteiger charge is -2.19. The van der Waals surface area contributed by atoms with E-state index in [1.807, 2.05) is 0 Å². The number of alkyl halides is 4. The Balaban J connectivity index is 2.47. The van der Waals surface area contributed by atoms with Gasteiger partial charge in [0.05, 0.1) is 7.11 Å². The Hall–Kier alpha value is -1.98. The minimum Gasteiger partial charge on any atom is -0.493 e. The minimum absolute atomic E-state index is 0.0287. The molecule has 0 saturated carbocycles. The third-order valence-corrected chi connectivity index (χ3v) is 2.53. The second-order valence-electron chi connectivity index (χ2n) is 3.81. The van der Waals surface area contributed by atoms with E-state index in [0.717, 1.165) is 5.39 Å². The fourth-order valence-corrected chi connectivity index (χ4v) is 1.63. The van der Waals surface area contributed by atoms with Gasteiger partial charge in [-0.2, -0.15) is 17.6 Å². The highest BCUT2D eigenvalue weighted by Crippen LogP contribution is 2.37. The average molecular weight is 274 g/mol. The molecule has 0 fully saturated rings. The Morgan fingerprint density at radius 1 is 1.00 bits per heavy atom. The summed E-state index contributed by atoms with van der Waals surface area (Å²) in [6.07, 6.45) is -8.47. The Morgan fingerprint density at radius 2 is 1.53 bits per heavy atom. The summed E-state index contributed by atoms with van der Waals surface area (Å²) >= 11 is 0. The zero-order valence-electron chi connectivity index (χ0n) is 9.87. The minimum atomic E-state index is -4.56. The molecule has 0 atom stereocenters. The molecule has 2 aromatic rings. The molecule has 2 aromatic carbocycles. The van der Waals surface area contributed by atoms with Gasteiger partial charge < -0.3 is 9.47 Å². The lowest BCUT2D eigenvalue weighted by molar-refractivity contribution is -0.253. The Labute approximate surface area is 106 Å². The van der Waals surface area contributed by atoms with Crippen molar-refractivity contribution >= 4 is 10.8 Å². The van der Waals surface area contributed by atoms with Crippen LogP contribution in [-0.2, 0) is 0 Å². The second kappa shape index (κ2) is 4.95. The van der Waals surface area contributed by atoms with Crippen LogP contribution in [0.5, 0.6) is 11.5 Å². The molecular formula is C13H10F4O2. The molecule has 2 rings (SSSR count). The van der Waals surface area contributed by atoms with Gasteiger partial charge in [-0.05, 0) is 22.9 Å². The molecule has 0 spiro atoms. The molecule has 0 aliphatic carbocycles. The Bertz CT molecular complexity index is 584. The largest absolute Gasteiger partial charge is 0.493 e. The first-order valence-corrected chi connectivity index (χ1v) is 5.36. The summed E-state index contributed by atoms with van der Waals surface area (Å²) in [7, 11) is 1.25. The summed E-state index contributed by atoms with van der Waals surface area (Å²) in [5.41, 5.74) is 0. The quantitative estimate of drug-likeness (QED) is 0.782. The van der Waals surface area contributed by atoms with E-state index < -0.39 is 18.3 Å². The average Bonchev–Trinajstić information content (AvgIpc) is 2.37.